The van der Waals surface area contributed by atoms with E-state index in [0.717, 1.165) is 12.1 Å². The number of likely N-dealkylation sites (tertiary alicyclic amines) is 1. The first-order valence-electron chi connectivity index (χ1n) is 6.83. The molecule has 94 valence electrons. The Balaban J connectivity index is 1.80. The van der Waals surface area contributed by atoms with E-state index in [1.165, 1.54) is 52.1 Å². The molecule has 0 spiro atoms. The lowest BCUT2D eigenvalue weighted by molar-refractivity contribution is 0.105. The van der Waals surface area contributed by atoms with E-state index in [-0.39, 0.29) is 0 Å². The molecule has 2 rings (SSSR count). The van der Waals surface area contributed by atoms with Crippen molar-refractivity contribution < 1.29 is 0 Å². The lowest BCUT2D eigenvalue weighted by atomic mass is 10.1. The Morgan fingerprint density at radius 3 is 2.38 bits per heavy atom. The lowest BCUT2D eigenvalue weighted by Gasteiger charge is -2.37. The highest BCUT2D eigenvalue weighted by Gasteiger charge is 2.28. The van der Waals surface area contributed by atoms with Crippen molar-refractivity contribution in [1.29, 1.82) is 0 Å². The molecule has 0 radical (unpaired) electrons. The third-order valence-corrected chi connectivity index (χ3v) is 4.15. The second kappa shape index (κ2) is 5.48. The Morgan fingerprint density at radius 2 is 1.75 bits per heavy atom. The van der Waals surface area contributed by atoms with E-state index in [1.807, 2.05) is 0 Å². The SMILES string of the molecule is CC(C)N1CCCC1CN1CCN(C)CC1. The molecular weight excluding hydrogens is 198 g/mol. The van der Waals surface area contributed by atoms with Crippen LogP contribution in [-0.4, -0.2) is 73.1 Å². The molecular formula is C13H27N3. The van der Waals surface area contributed by atoms with Gasteiger partial charge in [-0.2, -0.15) is 0 Å². The average Bonchev–Trinajstić information content (AvgIpc) is 2.69. The smallest absolute Gasteiger partial charge is 0.0226 e. The van der Waals surface area contributed by atoms with Crippen molar-refractivity contribution in [2.45, 2.75) is 38.8 Å². The maximum Gasteiger partial charge on any atom is 0.0226 e. The zero-order valence-corrected chi connectivity index (χ0v) is 11.2. The van der Waals surface area contributed by atoms with Crippen LogP contribution < -0.4 is 0 Å². The predicted octanol–water partition coefficient (Wildman–Crippen LogP) is 1.11. The molecule has 3 nitrogen and oxygen atoms in total. The van der Waals surface area contributed by atoms with Crippen LogP contribution in [0, 0.1) is 0 Å². The second-order valence-electron chi connectivity index (χ2n) is 5.73. The van der Waals surface area contributed by atoms with Gasteiger partial charge in [-0.05, 0) is 40.3 Å². The maximum atomic E-state index is 2.69. The van der Waals surface area contributed by atoms with Crippen LogP contribution in [0.5, 0.6) is 0 Å². The summed E-state index contributed by atoms with van der Waals surface area (Å²) in [5.41, 5.74) is 0. The maximum absolute atomic E-state index is 2.69. The highest BCUT2D eigenvalue weighted by Crippen LogP contribution is 2.21. The Labute approximate surface area is 100 Å². The van der Waals surface area contributed by atoms with Crippen LogP contribution in [0.2, 0.25) is 0 Å². The minimum absolute atomic E-state index is 0.722. The third kappa shape index (κ3) is 2.96. The fraction of sp³-hybridized carbons (Fsp3) is 1.00. The molecule has 1 unspecified atom stereocenters. The Hall–Kier alpha value is -0.120. The van der Waals surface area contributed by atoms with E-state index in [0.29, 0.717) is 0 Å². The molecule has 2 aliphatic heterocycles. The van der Waals surface area contributed by atoms with E-state index < -0.39 is 0 Å². The first-order chi connectivity index (χ1) is 7.66. The minimum atomic E-state index is 0.722. The standard InChI is InChI=1S/C13H27N3/c1-12(2)16-6-4-5-13(16)11-15-9-7-14(3)8-10-15/h12-13H,4-11H2,1-3H3. The van der Waals surface area contributed by atoms with Crippen molar-refractivity contribution in [3.8, 4) is 0 Å². The van der Waals surface area contributed by atoms with Crippen LogP contribution in [0.1, 0.15) is 26.7 Å². The van der Waals surface area contributed by atoms with Crippen LogP contribution in [-0.2, 0) is 0 Å². The van der Waals surface area contributed by atoms with Crippen LogP contribution in [0.15, 0.2) is 0 Å². The molecule has 2 saturated heterocycles. The Kier molecular flexibility index (Phi) is 4.22. The van der Waals surface area contributed by atoms with Gasteiger partial charge in [0.15, 0.2) is 0 Å². The molecule has 3 heteroatoms. The quantitative estimate of drug-likeness (QED) is 0.712. The largest absolute Gasteiger partial charge is 0.304 e. The van der Waals surface area contributed by atoms with Crippen molar-refractivity contribution in [2.75, 3.05) is 46.3 Å². The predicted molar refractivity (Wildman–Crippen MR) is 68.8 cm³/mol. The van der Waals surface area contributed by atoms with Gasteiger partial charge in [0, 0.05) is 44.8 Å². The number of hydrogen-bond acceptors (Lipinski definition) is 3. The zero-order valence-electron chi connectivity index (χ0n) is 11.2. The van der Waals surface area contributed by atoms with Crippen molar-refractivity contribution >= 4 is 0 Å². The van der Waals surface area contributed by atoms with Gasteiger partial charge >= 0.3 is 0 Å². The van der Waals surface area contributed by atoms with Crippen molar-refractivity contribution in [3.63, 3.8) is 0 Å². The topological polar surface area (TPSA) is 9.72 Å². The summed E-state index contributed by atoms with van der Waals surface area (Å²) in [6, 6.07) is 1.54. The summed E-state index contributed by atoms with van der Waals surface area (Å²) in [5, 5.41) is 0. The number of piperazine rings is 1. The summed E-state index contributed by atoms with van der Waals surface area (Å²) in [6.07, 6.45) is 2.81. The van der Waals surface area contributed by atoms with E-state index in [1.54, 1.807) is 0 Å². The average molecular weight is 225 g/mol. The van der Waals surface area contributed by atoms with Crippen LogP contribution in [0.3, 0.4) is 0 Å². The summed E-state index contributed by atoms with van der Waals surface area (Å²) < 4.78 is 0. The van der Waals surface area contributed by atoms with Crippen LogP contribution in [0.25, 0.3) is 0 Å². The fourth-order valence-electron chi connectivity index (χ4n) is 3.06. The minimum Gasteiger partial charge on any atom is -0.304 e. The summed E-state index contributed by atoms with van der Waals surface area (Å²) >= 11 is 0. The van der Waals surface area contributed by atoms with Crippen LogP contribution in [0.4, 0.5) is 0 Å². The molecule has 16 heavy (non-hydrogen) atoms. The fourth-order valence-corrected chi connectivity index (χ4v) is 3.06. The first kappa shape index (κ1) is 12.3. The zero-order chi connectivity index (χ0) is 11.5. The highest BCUT2D eigenvalue weighted by molar-refractivity contribution is 4.85. The molecule has 0 aromatic heterocycles. The summed E-state index contributed by atoms with van der Waals surface area (Å²) in [6.45, 7) is 12.3. The molecule has 0 aromatic rings. The second-order valence-corrected chi connectivity index (χ2v) is 5.73. The Bertz CT molecular complexity index is 209. The first-order valence-corrected chi connectivity index (χ1v) is 6.83. The highest BCUT2D eigenvalue weighted by atomic mass is 15.3. The van der Waals surface area contributed by atoms with Gasteiger partial charge in [0.1, 0.15) is 0 Å². The van der Waals surface area contributed by atoms with Crippen molar-refractivity contribution in [1.82, 2.24) is 14.7 Å². The number of nitrogens with zero attached hydrogens (tertiary/aromatic N) is 3. The van der Waals surface area contributed by atoms with E-state index >= 15 is 0 Å². The van der Waals surface area contributed by atoms with Gasteiger partial charge in [0.25, 0.3) is 0 Å². The molecule has 2 heterocycles. The molecule has 0 aromatic carbocycles. The third-order valence-electron chi connectivity index (χ3n) is 4.15. The molecule has 0 N–H and O–H groups in total. The summed E-state index contributed by atoms with van der Waals surface area (Å²) in [7, 11) is 2.23. The Morgan fingerprint density at radius 1 is 1.06 bits per heavy atom. The van der Waals surface area contributed by atoms with Crippen LogP contribution >= 0.6 is 0 Å². The summed E-state index contributed by atoms with van der Waals surface area (Å²) in [4.78, 5) is 7.79. The summed E-state index contributed by atoms with van der Waals surface area (Å²) in [5.74, 6) is 0. The molecule has 2 fully saturated rings. The molecule has 0 saturated carbocycles. The van der Waals surface area contributed by atoms with Gasteiger partial charge in [0.2, 0.25) is 0 Å². The van der Waals surface area contributed by atoms with Gasteiger partial charge < -0.3 is 4.90 Å². The number of hydrogen-bond donors (Lipinski definition) is 0. The van der Waals surface area contributed by atoms with Gasteiger partial charge in [-0.25, -0.2) is 0 Å². The van der Waals surface area contributed by atoms with Gasteiger partial charge in [-0.3, -0.25) is 9.80 Å². The van der Waals surface area contributed by atoms with Crippen molar-refractivity contribution in [2.24, 2.45) is 0 Å². The molecule has 2 aliphatic rings. The number of rotatable bonds is 3. The van der Waals surface area contributed by atoms with Gasteiger partial charge in [-0.1, -0.05) is 0 Å². The lowest BCUT2D eigenvalue weighted by Crippen LogP contribution is -2.50. The normalized spacial score (nSPS) is 30.4. The van der Waals surface area contributed by atoms with Gasteiger partial charge in [-0.15, -0.1) is 0 Å². The van der Waals surface area contributed by atoms with Crippen molar-refractivity contribution in [3.05, 3.63) is 0 Å². The van der Waals surface area contributed by atoms with E-state index in [2.05, 4.69) is 35.6 Å². The molecule has 1 atom stereocenters. The van der Waals surface area contributed by atoms with E-state index in [9.17, 15) is 0 Å². The number of likely N-dealkylation sites (N-methyl/N-ethyl adjacent to an activating group) is 1. The van der Waals surface area contributed by atoms with E-state index in [4.69, 9.17) is 0 Å². The molecule has 0 bridgehead atoms. The monoisotopic (exact) mass is 225 g/mol. The van der Waals surface area contributed by atoms with Gasteiger partial charge in [0.05, 0.1) is 0 Å². The molecule has 0 amide bonds. The molecule has 0 aliphatic carbocycles.